The Balaban J connectivity index is 2.58. The zero-order valence-corrected chi connectivity index (χ0v) is 12.3. The molecular weight excluding hydrogens is 228 g/mol. The van der Waals surface area contributed by atoms with Crippen molar-refractivity contribution < 1.29 is 9.53 Å². The SMILES string of the molecule is CNCCC1CCCCN1CC(C)(C)C(=O)OC. The van der Waals surface area contributed by atoms with Crippen LogP contribution in [0.15, 0.2) is 0 Å². The minimum Gasteiger partial charge on any atom is -0.469 e. The van der Waals surface area contributed by atoms with E-state index in [1.54, 1.807) is 0 Å². The number of hydrogen-bond donors (Lipinski definition) is 1. The molecule has 0 aromatic rings. The molecule has 1 atom stereocenters. The molecule has 0 amide bonds. The van der Waals surface area contributed by atoms with Gasteiger partial charge in [-0.3, -0.25) is 9.69 Å². The number of rotatable bonds is 6. The van der Waals surface area contributed by atoms with E-state index in [1.807, 2.05) is 20.9 Å². The minimum absolute atomic E-state index is 0.111. The van der Waals surface area contributed by atoms with E-state index in [4.69, 9.17) is 4.74 Å². The average Bonchev–Trinajstić information content (AvgIpc) is 2.36. The number of carbonyl (C=O) groups is 1. The minimum atomic E-state index is -0.413. The molecule has 0 aromatic carbocycles. The highest BCUT2D eigenvalue weighted by Gasteiger charge is 2.34. The first-order valence-electron chi connectivity index (χ1n) is 6.98. The zero-order valence-electron chi connectivity index (χ0n) is 12.3. The predicted octanol–water partition coefficient (Wildman–Crippen LogP) is 1.65. The van der Waals surface area contributed by atoms with E-state index >= 15 is 0 Å². The molecular formula is C14H28N2O2. The number of carbonyl (C=O) groups excluding carboxylic acids is 1. The highest BCUT2D eigenvalue weighted by Crippen LogP contribution is 2.26. The number of nitrogens with one attached hydrogen (secondary N) is 1. The number of ether oxygens (including phenoxy) is 1. The summed E-state index contributed by atoms with van der Waals surface area (Å²) in [5.74, 6) is -0.111. The summed E-state index contributed by atoms with van der Waals surface area (Å²) in [7, 11) is 3.46. The maximum absolute atomic E-state index is 11.8. The van der Waals surface area contributed by atoms with E-state index in [9.17, 15) is 4.79 Å². The Bertz CT molecular complexity index is 267. The standard InChI is InChI=1S/C14H28N2O2/c1-14(2,13(17)18-4)11-16-10-6-5-7-12(16)8-9-15-3/h12,15H,5-11H2,1-4H3. The molecule has 1 heterocycles. The fraction of sp³-hybridized carbons (Fsp3) is 0.929. The van der Waals surface area contributed by atoms with Gasteiger partial charge in [0.15, 0.2) is 0 Å². The van der Waals surface area contributed by atoms with Gasteiger partial charge in [0.1, 0.15) is 0 Å². The number of hydrogen-bond acceptors (Lipinski definition) is 4. The summed E-state index contributed by atoms with van der Waals surface area (Å²) < 4.78 is 4.89. The third kappa shape index (κ3) is 4.25. The highest BCUT2D eigenvalue weighted by atomic mass is 16.5. The van der Waals surface area contributed by atoms with Gasteiger partial charge in [-0.25, -0.2) is 0 Å². The van der Waals surface area contributed by atoms with E-state index < -0.39 is 5.41 Å². The number of nitrogens with zero attached hydrogens (tertiary/aromatic N) is 1. The van der Waals surface area contributed by atoms with Crippen molar-refractivity contribution in [2.75, 3.05) is 33.8 Å². The van der Waals surface area contributed by atoms with Crippen molar-refractivity contribution in [2.45, 2.75) is 45.6 Å². The van der Waals surface area contributed by atoms with E-state index in [-0.39, 0.29) is 5.97 Å². The second-order valence-corrected chi connectivity index (χ2v) is 5.89. The molecule has 0 aromatic heterocycles. The molecule has 1 N–H and O–H groups in total. The summed E-state index contributed by atoms with van der Waals surface area (Å²) in [6.07, 6.45) is 4.96. The molecule has 0 bridgehead atoms. The largest absolute Gasteiger partial charge is 0.469 e. The van der Waals surface area contributed by atoms with Crippen LogP contribution in [0.1, 0.15) is 39.5 Å². The van der Waals surface area contributed by atoms with Crippen molar-refractivity contribution in [1.82, 2.24) is 10.2 Å². The lowest BCUT2D eigenvalue weighted by atomic mass is 9.89. The maximum Gasteiger partial charge on any atom is 0.312 e. The third-order valence-electron chi connectivity index (χ3n) is 3.81. The predicted molar refractivity (Wildman–Crippen MR) is 73.6 cm³/mol. The van der Waals surface area contributed by atoms with Crippen LogP contribution >= 0.6 is 0 Å². The topological polar surface area (TPSA) is 41.6 Å². The lowest BCUT2D eigenvalue weighted by molar-refractivity contribution is -0.152. The number of esters is 1. The molecule has 1 unspecified atom stereocenters. The van der Waals surface area contributed by atoms with E-state index in [1.165, 1.54) is 26.4 Å². The second kappa shape index (κ2) is 7.10. The first-order valence-corrected chi connectivity index (χ1v) is 6.98. The Morgan fingerprint density at radius 2 is 2.17 bits per heavy atom. The fourth-order valence-corrected chi connectivity index (χ4v) is 2.75. The van der Waals surface area contributed by atoms with Gasteiger partial charge < -0.3 is 10.1 Å². The molecule has 0 spiro atoms. The van der Waals surface area contributed by atoms with E-state index in [2.05, 4.69) is 10.2 Å². The molecule has 106 valence electrons. The lowest BCUT2D eigenvalue weighted by Crippen LogP contribution is -2.47. The van der Waals surface area contributed by atoms with Crippen LogP contribution < -0.4 is 5.32 Å². The van der Waals surface area contributed by atoms with Gasteiger partial charge in [-0.1, -0.05) is 6.42 Å². The second-order valence-electron chi connectivity index (χ2n) is 5.89. The van der Waals surface area contributed by atoms with Gasteiger partial charge in [0.25, 0.3) is 0 Å². The van der Waals surface area contributed by atoms with Gasteiger partial charge in [-0.05, 0) is 53.2 Å². The monoisotopic (exact) mass is 256 g/mol. The normalized spacial score (nSPS) is 21.9. The van der Waals surface area contributed by atoms with Crippen molar-refractivity contribution in [3.8, 4) is 0 Å². The number of methoxy groups -OCH3 is 1. The van der Waals surface area contributed by atoms with E-state index in [0.29, 0.717) is 6.04 Å². The molecule has 4 heteroatoms. The molecule has 1 aliphatic rings. The third-order valence-corrected chi connectivity index (χ3v) is 3.81. The summed E-state index contributed by atoms with van der Waals surface area (Å²) in [4.78, 5) is 14.2. The number of piperidine rings is 1. The zero-order chi connectivity index (χ0) is 13.6. The summed E-state index contributed by atoms with van der Waals surface area (Å²) in [5, 5.41) is 3.21. The van der Waals surface area contributed by atoms with Crippen LogP contribution in [0.25, 0.3) is 0 Å². The van der Waals surface area contributed by atoms with Crippen molar-refractivity contribution in [2.24, 2.45) is 5.41 Å². The first kappa shape index (κ1) is 15.4. The summed E-state index contributed by atoms with van der Waals surface area (Å²) in [5.41, 5.74) is -0.413. The van der Waals surface area contributed by atoms with Crippen molar-refractivity contribution in [3.05, 3.63) is 0 Å². The van der Waals surface area contributed by atoms with Gasteiger partial charge >= 0.3 is 5.97 Å². The Hall–Kier alpha value is -0.610. The summed E-state index contributed by atoms with van der Waals surface area (Å²) in [6.45, 7) is 6.90. The smallest absolute Gasteiger partial charge is 0.312 e. The highest BCUT2D eigenvalue weighted by molar-refractivity contribution is 5.76. The molecule has 4 nitrogen and oxygen atoms in total. The van der Waals surface area contributed by atoms with Crippen molar-refractivity contribution in [1.29, 1.82) is 0 Å². The van der Waals surface area contributed by atoms with Crippen LogP contribution in [0.4, 0.5) is 0 Å². The Morgan fingerprint density at radius 1 is 1.44 bits per heavy atom. The van der Waals surface area contributed by atoms with Crippen molar-refractivity contribution in [3.63, 3.8) is 0 Å². The summed E-state index contributed by atoms with van der Waals surface area (Å²) >= 11 is 0. The Labute approximate surface area is 111 Å². The summed E-state index contributed by atoms with van der Waals surface area (Å²) in [6, 6.07) is 0.607. The van der Waals surface area contributed by atoms with E-state index in [0.717, 1.165) is 26.1 Å². The van der Waals surface area contributed by atoms with Gasteiger partial charge in [0, 0.05) is 12.6 Å². The average molecular weight is 256 g/mol. The van der Waals surface area contributed by atoms with Gasteiger partial charge in [-0.15, -0.1) is 0 Å². The Morgan fingerprint density at radius 3 is 2.78 bits per heavy atom. The molecule has 0 saturated carbocycles. The molecule has 1 aliphatic heterocycles. The van der Waals surface area contributed by atoms with Gasteiger partial charge in [0.2, 0.25) is 0 Å². The molecule has 18 heavy (non-hydrogen) atoms. The quantitative estimate of drug-likeness (QED) is 0.734. The van der Waals surface area contributed by atoms with Gasteiger partial charge in [-0.2, -0.15) is 0 Å². The Kier molecular flexibility index (Phi) is 6.09. The molecule has 1 fully saturated rings. The molecule has 1 rings (SSSR count). The van der Waals surface area contributed by atoms with Gasteiger partial charge in [0.05, 0.1) is 12.5 Å². The molecule has 0 aliphatic carbocycles. The lowest BCUT2D eigenvalue weighted by Gasteiger charge is -2.39. The van der Waals surface area contributed by atoms with Crippen LogP contribution in [-0.2, 0) is 9.53 Å². The van der Waals surface area contributed by atoms with Crippen LogP contribution in [0.5, 0.6) is 0 Å². The number of likely N-dealkylation sites (tertiary alicyclic amines) is 1. The van der Waals surface area contributed by atoms with Crippen LogP contribution in [0.2, 0.25) is 0 Å². The molecule has 1 saturated heterocycles. The van der Waals surface area contributed by atoms with Crippen LogP contribution in [0, 0.1) is 5.41 Å². The van der Waals surface area contributed by atoms with Crippen LogP contribution in [0.3, 0.4) is 0 Å². The fourth-order valence-electron chi connectivity index (χ4n) is 2.75. The first-order chi connectivity index (χ1) is 8.51. The molecule has 0 radical (unpaired) electrons. The maximum atomic E-state index is 11.8. The van der Waals surface area contributed by atoms with Crippen LogP contribution in [-0.4, -0.2) is 50.7 Å². The van der Waals surface area contributed by atoms with Crippen molar-refractivity contribution >= 4 is 5.97 Å².